The third kappa shape index (κ3) is 5.33. The molecular formula is C20H25N5O3. The zero-order chi connectivity index (χ0) is 20.7. The number of aryl methyl sites for hydroxylation is 1. The highest BCUT2D eigenvalue weighted by Crippen LogP contribution is 2.29. The van der Waals surface area contributed by atoms with E-state index in [-0.39, 0.29) is 37.1 Å². The highest BCUT2D eigenvalue weighted by atomic mass is 16.3. The molecule has 28 heavy (non-hydrogen) atoms. The van der Waals surface area contributed by atoms with Crippen LogP contribution in [0.15, 0.2) is 24.3 Å². The summed E-state index contributed by atoms with van der Waals surface area (Å²) in [5.41, 5.74) is 7.97. The van der Waals surface area contributed by atoms with E-state index >= 15 is 0 Å². The van der Waals surface area contributed by atoms with E-state index in [9.17, 15) is 14.7 Å². The van der Waals surface area contributed by atoms with E-state index in [1.54, 1.807) is 12.1 Å². The lowest BCUT2D eigenvalue weighted by atomic mass is 9.99. The van der Waals surface area contributed by atoms with E-state index in [0.717, 1.165) is 16.8 Å². The molecule has 0 aliphatic carbocycles. The zero-order valence-corrected chi connectivity index (χ0v) is 16.1. The van der Waals surface area contributed by atoms with Crippen molar-refractivity contribution in [3.05, 3.63) is 46.6 Å². The summed E-state index contributed by atoms with van der Waals surface area (Å²) in [4.78, 5) is 22.8. The fraction of sp³-hybridized carbons (Fsp3) is 0.400. The maximum absolute atomic E-state index is 12.1. The second-order valence-corrected chi connectivity index (χ2v) is 6.82. The summed E-state index contributed by atoms with van der Waals surface area (Å²) >= 11 is 0. The van der Waals surface area contributed by atoms with Crippen molar-refractivity contribution in [1.82, 2.24) is 15.1 Å². The molecule has 2 amide bonds. The predicted octanol–water partition coefficient (Wildman–Crippen LogP) is 1.82. The van der Waals surface area contributed by atoms with E-state index in [0.29, 0.717) is 18.5 Å². The van der Waals surface area contributed by atoms with Crippen LogP contribution in [0.5, 0.6) is 5.88 Å². The molecule has 0 aliphatic rings. The first kappa shape index (κ1) is 21.0. The number of aromatic hydroxyl groups is 1. The molecule has 4 N–H and O–H groups in total. The van der Waals surface area contributed by atoms with Crippen molar-refractivity contribution in [2.45, 2.75) is 45.6 Å². The predicted molar refractivity (Wildman–Crippen MR) is 104 cm³/mol. The molecule has 0 radical (unpaired) electrons. The fourth-order valence-electron chi connectivity index (χ4n) is 2.83. The minimum Gasteiger partial charge on any atom is -0.493 e. The Morgan fingerprint density at radius 3 is 2.57 bits per heavy atom. The van der Waals surface area contributed by atoms with Crippen molar-refractivity contribution in [2.24, 2.45) is 5.73 Å². The minimum absolute atomic E-state index is 0.0761. The topological polar surface area (TPSA) is 134 Å². The van der Waals surface area contributed by atoms with Crippen LogP contribution in [-0.4, -0.2) is 33.2 Å². The summed E-state index contributed by atoms with van der Waals surface area (Å²) < 4.78 is 1.47. The van der Waals surface area contributed by atoms with Gasteiger partial charge in [0.2, 0.25) is 11.8 Å². The second-order valence-electron chi connectivity index (χ2n) is 6.82. The first-order chi connectivity index (χ1) is 13.3. The summed E-state index contributed by atoms with van der Waals surface area (Å²) in [7, 11) is 0. The van der Waals surface area contributed by atoms with Crippen LogP contribution in [-0.2, 0) is 17.8 Å². The molecule has 0 atom stereocenters. The molecule has 0 spiro atoms. The summed E-state index contributed by atoms with van der Waals surface area (Å²) in [6.07, 6.45) is 0.831. The molecule has 0 aliphatic heterocycles. The highest BCUT2D eigenvalue weighted by molar-refractivity contribution is 5.94. The van der Waals surface area contributed by atoms with E-state index in [1.807, 2.05) is 26.0 Å². The van der Waals surface area contributed by atoms with Gasteiger partial charge in [0.05, 0.1) is 24.7 Å². The van der Waals surface area contributed by atoms with Crippen LogP contribution in [0.25, 0.3) is 0 Å². The fourth-order valence-corrected chi connectivity index (χ4v) is 2.83. The minimum atomic E-state index is -0.466. The number of aromatic nitrogens is 2. The molecule has 8 heteroatoms. The second kappa shape index (κ2) is 9.55. The number of carbonyl (C=O) groups excluding carboxylic acids is 2. The van der Waals surface area contributed by atoms with Crippen molar-refractivity contribution >= 4 is 11.8 Å². The van der Waals surface area contributed by atoms with Gasteiger partial charge in [0.25, 0.3) is 5.91 Å². The van der Waals surface area contributed by atoms with E-state index in [2.05, 4.69) is 16.5 Å². The number of hydrogen-bond acceptors (Lipinski definition) is 5. The monoisotopic (exact) mass is 383 g/mol. The number of benzene rings is 1. The molecule has 0 bridgehead atoms. The van der Waals surface area contributed by atoms with Crippen LogP contribution in [0.1, 0.15) is 59.8 Å². The van der Waals surface area contributed by atoms with E-state index in [4.69, 9.17) is 11.0 Å². The largest absolute Gasteiger partial charge is 0.493 e. The first-order valence-electron chi connectivity index (χ1n) is 9.14. The molecule has 0 fully saturated rings. The average molecular weight is 383 g/mol. The van der Waals surface area contributed by atoms with Crippen molar-refractivity contribution in [1.29, 1.82) is 5.26 Å². The Balaban J connectivity index is 2.13. The molecule has 2 rings (SSSR count). The van der Waals surface area contributed by atoms with Crippen LogP contribution in [0.3, 0.4) is 0 Å². The Hall–Kier alpha value is -3.34. The lowest BCUT2D eigenvalue weighted by molar-refractivity contribution is -0.117. The Labute approximate surface area is 164 Å². The van der Waals surface area contributed by atoms with Gasteiger partial charge in [0.1, 0.15) is 0 Å². The Kier molecular flexibility index (Phi) is 7.15. The summed E-state index contributed by atoms with van der Waals surface area (Å²) in [6, 6.07) is 9.08. The number of amides is 2. The smallest absolute Gasteiger partial charge is 0.251 e. The Bertz CT molecular complexity index is 878. The lowest BCUT2D eigenvalue weighted by Gasteiger charge is -2.08. The number of carbonyl (C=O) groups is 2. The van der Waals surface area contributed by atoms with Crippen LogP contribution in [0.2, 0.25) is 0 Å². The van der Waals surface area contributed by atoms with Crippen molar-refractivity contribution in [3.8, 4) is 11.9 Å². The lowest BCUT2D eigenvalue weighted by Crippen LogP contribution is -2.27. The van der Waals surface area contributed by atoms with Crippen molar-refractivity contribution < 1.29 is 14.7 Å². The molecule has 1 aromatic heterocycles. The van der Waals surface area contributed by atoms with Gasteiger partial charge in [0.15, 0.2) is 0 Å². The molecule has 2 aromatic rings. The maximum Gasteiger partial charge on any atom is 0.251 e. The van der Waals surface area contributed by atoms with Crippen molar-refractivity contribution in [2.75, 3.05) is 6.54 Å². The standard InChI is InChI=1S/C20H25N5O3/c1-13(2)18-16(20(28)25(24-18)11-3-9-21)12-14-4-6-15(7-5-14)19(27)23-10-8-17(22)26/h4-7,13,28H,3,8,10-12H2,1-2H3,(H2,22,26)(H,23,27). The Morgan fingerprint density at radius 2 is 2.00 bits per heavy atom. The molecule has 0 saturated carbocycles. The number of rotatable bonds is 9. The molecule has 0 saturated heterocycles. The molecule has 1 heterocycles. The normalized spacial score (nSPS) is 10.6. The van der Waals surface area contributed by atoms with Gasteiger partial charge >= 0.3 is 0 Å². The summed E-state index contributed by atoms with van der Waals surface area (Å²) in [5.74, 6) is -0.540. The van der Waals surface area contributed by atoms with Gasteiger partial charge in [-0.15, -0.1) is 0 Å². The highest BCUT2D eigenvalue weighted by Gasteiger charge is 2.20. The number of nitrogens with zero attached hydrogens (tertiary/aromatic N) is 3. The van der Waals surface area contributed by atoms with Gasteiger partial charge < -0.3 is 16.2 Å². The molecule has 1 aromatic carbocycles. The zero-order valence-electron chi connectivity index (χ0n) is 16.1. The SMILES string of the molecule is CC(C)c1nn(CCC#N)c(O)c1Cc1ccc(C(=O)NCCC(N)=O)cc1. The quantitative estimate of drug-likeness (QED) is 0.607. The van der Waals surface area contributed by atoms with Gasteiger partial charge in [-0.25, -0.2) is 4.68 Å². The Morgan fingerprint density at radius 1 is 1.32 bits per heavy atom. The van der Waals surface area contributed by atoms with Gasteiger partial charge in [-0.3, -0.25) is 9.59 Å². The van der Waals surface area contributed by atoms with Crippen LogP contribution in [0.4, 0.5) is 0 Å². The number of nitriles is 1. The van der Waals surface area contributed by atoms with Crippen LogP contribution < -0.4 is 11.1 Å². The summed E-state index contributed by atoms with van der Waals surface area (Å²) in [6.45, 7) is 4.54. The molecule has 0 unspecified atom stereocenters. The third-order valence-electron chi connectivity index (χ3n) is 4.29. The summed E-state index contributed by atoms with van der Waals surface area (Å²) in [5, 5.41) is 26.4. The maximum atomic E-state index is 12.1. The van der Waals surface area contributed by atoms with Gasteiger partial charge in [0, 0.05) is 30.5 Å². The first-order valence-corrected chi connectivity index (χ1v) is 9.14. The van der Waals surface area contributed by atoms with Gasteiger partial charge in [-0.2, -0.15) is 10.4 Å². The van der Waals surface area contributed by atoms with Gasteiger partial charge in [-0.1, -0.05) is 26.0 Å². The number of nitrogens with two attached hydrogens (primary N) is 1. The van der Waals surface area contributed by atoms with Gasteiger partial charge in [-0.05, 0) is 23.6 Å². The van der Waals surface area contributed by atoms with E-state index in [1.165, 1.54) is 4.68 Å². The van der Waals surface area contributed by atoms with Crippen LogP contribution >= 0.6 is 0 Å². The number of hydrogen-bond donors (Lipinski definition) is 3. The average Bonchev–Trinajstić information content (AvgIpc) is 2.96. The van der Waals surface area contributed by atoms with E-state index < -0.39 is 5.91 Å². The number of primary amides is 1. The number of nitrogens with one attached hydrogen (secondary N) is 1. The third-order valence-corrected chi connectivity index (χ3v) is 4.29. The van der Waals surface area contributed by atoms with Crippen LogP contribution in [0, 0.1) is 11.3 Å². The molecular weight excluding hydrogens is 358 g/mol. The molecule has 148 valence electrons. The molecule has 8 nitrogen and oxygen atoms in total. The van der Waals surface area contributed by atoms with Crippen molar-refractivity contribution in [3.63, 3.8) is 0 Å².